The molecule has 0 radical (unpaired) electrons. The van der Waals surface area contributed by atoms with Crippen molar-refractivity contribution in [3.05, 3.63) is 46.8 Å². The van der Waals surface area contributed by atoms with Gasteiger partial charge in [0.1, 0.15) is 17.6 Å². The number of ether oxygens (including phenoxy) is 2. The second kappa shape index (κ2) is 11.9. The van der Waals surface area contributed by atoms with E-state index in [9.17, 15) is 9.90 Å². The van der Waals surface area contributed by atoms with E-state index in [0.717, 1.165) is 86.2 Å². The van der Waals surface area contributed by atoms with Crippen LogP contribution in [-0.4, -0.2) is 70.2 Å². The number of rotatable bonds is 11. The highest BCUT2D eigenvalue weighted by molar-refractivity contribution is 5.91. The number of nitrogens with one attached hydrogen (secondary N) is 1. The molecule has 3 atom stereocenters. The number of carboxylic acids is 1. The topological polar surface area (TPSA) is 102 Å². The Morgan fingerprint density at radius 3 is 2.92 bits per heavy atom. The van der Waals surface area contributed by atoms with Gasteiger partial charge in [0, 0.05) is 42.9 Å². The molecule has 0 unspecified atom stereocenters. The van der Waals surface area contributed by atoms with Crippen LogP contribution in [0.5, 0.6) is 5.75 Å². The fraction of sp³-hybridized carbons (Fsp3) is 0.567. The molecule has 39 heavy (non-hydrogen) atoms. The summed E-state index contributed by atoms with van der Waals surface area (Å²) in [4.78, 5) is 19.4. The molecule has 2 aliphatic rings. The normalized spacial score (nSPS) is 19.7. The van der Waals surface area contributed by atoms with Crippen molar-refractivity contribution >= 4 is 22.7 Å². The molecule has 3 heterocycles. The minimum atomic E-state index is -0.874. The van der Waals surface area contributed by atoms with Crippen LogP contribution in [0.4, 0.5) is 5.82 Å². The molecular formula is C30H41N5O4. The van der Waals surface area contributed by atoms with Crippen LogP contribution in [-0.2, 0) is 29.4 Å². The highest BCUT2D eigenvalue weighted by Gasteiger charge is 2.37. The number of aryl methyl sites for hydroxylation is 4. The number of unbranched alkanes of at least 4 members (excludes halogenated alkanes) is 1. The Labute approximate surface area is 230 Å². The highest BCUT2D eigenvalue weighted by Crippen LogP contribution is 2.37. The van der Waals surface area contributed by atoms with E-state index in [-0.39, 0.29) is 12.1 Å². The van der Waals surface area contributed by atoms with Gasteiger partial charge in [-0.25, -0.2) is 4.98 Å². The molecule has 0 saturated heterocycles. The van der Waals surface area contributed by atoms with Gasteiger partial charge < -0.3 is 19.9 Å². The first kappa shape index (κ1) is 27.4. The summed E-state index contributed by atoms with van der Waals surface area (Å²) in [6.45, 7) is 3.66. The lowest BCUT2D eigenvalue weighted by Crippen LogP contribution is -2.38. The number of aliphatic carboxylic acids is 1. The van der Waals surface area contributed by atoms with Crippen LogP contribution < -0.4 is 10.1 Å². The van der Waals surface area contributed by atoms with Gasteiger partial charge in [-0.15, -0.1) is 0 Å². The summed E-state index contributed by atoms with van der Waals surface area (Å²) in [5.41, 5.74) is 4.86. The first-order valence-corrected chi connectivity index (χ1v) is 14.2. The largest absolute Gasteiger partial charge is 0.497 e. The number of pyridine rings is 1. The molecule has 1 aliphatic carbocycles. The fourth-order valence-electron chi connectivity index (χ4n) is 6.26. The number of methoxy groups -OCH3 is 1. The Morgan fingerprint density at radius 1 is 1.28 bits per heavy atom. The van der Waals surface area contributed by atoms with E-state index in [2.05, 4.69) is 22.5 Å². The van der Waals surface area contributed by atoms with Gasteiger partial charge in [0.05, 0.1) is 24.4 Å². The predicted octanol–water partition coefficient (Wildman–Crippen LogP) is 4.66. The van der Waals surface area contributed by atoms with E-state index in [1.165, 1.54) is 12.0 Å². The SMILES string of the molecule is COc1cc([C@H](C(=O)O)N(C)[C@H]2CC[C@H](OCCCCc3ccc4c(n3)NCCC4)C2)c2c(c1)c(C)nn2C. The zero-order chi connectivity index (χ0) is 27.5. The minimum Gasteiger partial charge on any atom is -0.497 e. The minimum absolute atomic E-state index is 0.124. The molecule has 1 fully saturated rings. The summed E-state index contributed by atoms with van der Waals surface area (Å²) in [5, 5.41) is 19.2. The molecule has 2 N–H and O–H groups in total. The first-order valence-electron chi connectivity index (χ1n) is 14.2. The number of hydrogen-bond acceptors (Lipinski definition) is 7. The second-order valence-corrected chi connectivity index (χ2v) is 11.0. The van der Waals surface area contributed by atoms with E-state index < -0.39 is 12.0 Å². The molecule has 1 saturated carbocycles. The van der Waals surface area contributed by atoms with Gasteiger partial charge in [0.25, 0.3) is 0 Å². The third-order valence-electron chi connectivity index (χ3n) is 8.36. The molecule has 0 bridgehead atoms. The van der Waals surface area contributed by atoms with Crippen LogP contribution in [0.15, 0.2) is 24.3 Å². The number of hydrogen-bond donors (Lipinski definition) is 2. The standard InChI is InChI=1S/C30H41N5O4/c1-19-25-17-24(38-4)18-26(27(25)35(3)33-19)28(30(36)37)34(2)22-12-13-23(16-22)39-15-6-5-9-21-11-10-20-8-7-14-31-29(20)32-21/h10-11,17-18,22-23,28H,5-9,12-16H2,1-4H3,(H,31,32)(H,36,37)/t22-,23-,28+/m0/s1. The average molecular weight is 536 g/mol. The van der Waals surface area contributed by atoms with Gasteiger partial charge >= 0.3 is 5.97 Å². The van der Waals surface area contributed by atoms with Crippen molar-refractivity contribution in [1.29, 1.82) is 0 Å². The van der Waals surface area contributed by atoms with Crippen LogP contribution in [0, 0.1) is 6.92 Å². The molecule has 0 amide bonds. The van der Waals surface area contributed by atoms with Gasteiger partial charge in [-0.3, -0.25) is 14.4 Å². The van der Waals surface area contributed by atoms with E-state index >= 15 is 0 Å². The number of carbonyl (C=O) groups is 1. The number of fused-ring (bicyclic) bond motifs is 2. The maximum atomic E-state index is 12.6. The maximum Gasteiger partial charge on any atom is 0.325 e. The molecule has 0 spiro atoms. The van der Waals surface area contributed by atoms with Crippen LogP contribution in [0.1, 0.15) is 67.1 Å². The summed E-state index contributed by atoms with van der Waals surface area (Å²) in [6, 6.07) is 7.46. The Kier molecular flexibility index (Phi) is 8.37. The zero-order valence-electron chi connectivity index (χ0n) is 23.6. The summed E-state index contributed by atoms with van der Waals surface area (Å²) >= 11 is 0. The summed E-state index contributed by atoms with van der Waals surface area (Å²) in [5.74, 6) is 0.827. The quantitative estimate of drug-likeness (QED) is 0.342. The summed E-state index contributed by atoms with van der Waals surface area (Å²) < 4.78 is 13.5. The van der Waals surface area contributed by atoms with Gasteiger partial charge in [-0.2, -0.15) is 5.10 Å². The maximum absolute atomic E-state index is 12.6. The van der Waals surface area contributed by atoms with E-state index in [4.69, 9.17) is 14.5 Å². The molecule has 1 aliphatic heterocycles. The number of nitrogens with zero attached hydrogens (tertiary/aromatic N) is 4. The van der Waals surface area contributed by atoms with Gasteiger partial charge in [0.2, 0.25) is 0 Å². The Bertz CT molecular complexity index is 1320. The molecule has 9 nitrogen and oxygen atoms in total. The molecule has 210 valence electrons. The van der Waals surface area contributed by atoms with Crippen molar-refractivity contribution in [2.24, 2.45) is 7.05 Å². The zero-order valence-corrected chi connectivity index (χ0v) is 23.6. The highest BCUT2D eigenvalue weighted by atomic mass is 16.5. The third kappa shape index (κ3) is 5.89. The smallest absolute Gasteiger partial charge is 0.325 e. The molecular weight excluding hydrogens is 494 g/mol. The van der Waals surface area contributed by atoms with E-state index in [0.29, 0.717) is 11.3 Å². The Hall–Kier alpha value is -3.17. The van der Waals surface area contributed by atoms with Crippen molar-refractivity contribution in [3.63, 3.8) is 0 Å². The lowest BCUT2D eigenvalue weighted by atomic mass is 9.99. The van der Waals surface area contributed by atoms with Gasteiger partial charge in [0.15, 0.2) is 0 Å². The number of aromatic nitrogens is 3. The van der Waals surface area contributed by atoms with Crippen LogP contribution in [0.25, 0.3) is 10.9 Å². The fourth-order valence-corrected chi connectivity index (χ4v) is 6.26. The summed E-state index contributed by atoms with van der Waals surface area (Å²) in [7, 11) is 5.39. The molecule has 1 aromatic carbocycles. The van der Waals surface area contributed by atoms with Crippen LogP contribution >= 0.6 is 0 Å². The number of likely N-dealkylation sites (N-methyl/N-ethyl adjacent to an activating group) is 1. The number of anilines is 1. The van der Waals surface area contributed by atoms with Gasteiger partial charge in [-0.1, -0.05) is 6.07 Å². The number of benzene rings is 1. The average Bonchev–Trinajstić information content (AvgIpc) is 3.52. The lowest BCUT2D eigenvalue weighted by molar-refractivity contribution is -0.144. The predicted molar refractivity (Wildman–Crippen MR) is 152 cm³/mol. The number of carboxylic acid groups (broad SMARTS) is 1. The monoisotopic (exact) mass is 535 g/mol. The molecule has 3 aromatic rings. The van der Waals surface area contributed by atoms with Gasteiger partial charge in [-0.05, 0) is 89.1 Å². The van der Waals surface area contributed by atoms with Crippen molar-refractivity contribution in [2.75, 3.05) is 32.6 Å². The van der Waals surface area contributed by atoms with Crippen LogP contribution in [0.2, 0.25) is 0 Å². The second-order valence-electron chi connectivity index (χ2n) is 11.0. The van der Waals surface area contributed by atoms with Crippen molar-refractivity contribution in [2.45, 2.75) is 76.5 Å². The van der Waals surface area contributed by atoms with E-state index in [1.807, 2.05) is 38.1 Å². The van der Waals surface area contributed by atoms with Crippen molar-refractivity contribution in [1.82, 2.24) is 19.7 Å². The van der Waals surface area contributed by atoms with Crippen molar-refractivity contribution in [3.8, 4) is 5.75 Å². The Balaban J connectivity index is 1.16. The van der Waals surface area contributed by atoms with E-state index in [1.54, 1.807) is 11.8 Å². The molecule has 9 heteroatoms. The Morgan fingerprint density at radius 2 is 2.13 bits per heavy atom. The summed E-state index contributed by atoms with van der Waals surface area (Å²) in [6.07, 6.45) is 8.11. The van der Waals surface area contributed by atoms with Crippen LogP contribution in [0.3, 0.4) is 0 Å². The molecule has 5 rings (SSSR count). The van der Waals surface area contributed by atoms with Crippen molar-refractivity contribution < 1.29 is 19.4 Å². The third-order valence-corrected chi connectivity index (χ3v) is 8.36. The molecule has 2 aromatic heterocycles. The first-order chi connectivity index (χ1) is 18.9. The lowest BCUT2D eigenvalue weighted by Gasteiger charge is -2.31.